The van der Waals surface area contributed by atoms with E-state index in [-0.39, 0.29) is 30.5 Å². The van der Waals surface area contributed by atoms with Crippen LogP contribution in [-0.2, 0) is 14.3 Å². The highest BCUT2D eigenvalue weighted by atomic mass is 19.1. The molecule has 0 saturated carbocycles. The predicted molar refractivity (Wildman–Crippen MR) is 93.0 cm³/mol. The molecular formula is C18H23F2N3O4. The second-order valence-corrected chi connectivity index (χ2v) is 6.16. The van der Waals surface area contributed by atoms with Gasteiger partial charge in [-0.15, -0.1) is 0 Å². The molecule has 1 aromatic carbocycles. The van der Waals surface area contributed by atoms with Gasteiger partial charge in [-0.25, -0.2) is 8.78 Å². The second-order valence-electron chi connectivity index (χ2n) is 6.16. The SMILES string of the molecule is CCOC(=O)CN1CCCN(C(=O)CNC(=O)c2cc(F)cc(F)c2)CC1. The highest BCUT2D eigenvalue weighted by molar-refractivity contribution is 5.96. The Kier molecular flexibility index (Phi) is 7.66. The number of carbonyl (C=O) groups is 3. The van der Waals surface area contributed by atoms with Gasteiger partial charge in [-0.05, 0) is 25.5 Å². The zero-order valence-corrected chi connectivity index (χ0v) is 15.2. The lowest BCUT2D eigenvalue weighted by Crippen LogP contribution is -2.42. The van der Waals surface area contributed by atoms with Gasteiger partial charge >= 0.3 is 5.97 Å². The van der Waals surface area contributed by atoms with Crippen LogP contribution in [0.5, 0.6) is 0 Å². The molecule has 1 fully saturated rings. The van der Waals surface area contributed by atoms with E-state index in [1.165, 1.54) is 0 Å². The van der Waals surface area contributed by atoms with Gasteiger partial charge in [0.2, 0.25) is 5.91 Å². The van der Waals surface area contributed by atoms with Gasteiger partial charge in [0.15, 0.2) is 0 Å². The Labute approximate surface area is 156 Å². The largest absolute Gasteiger partial charge is 0.465 e. The summed E-state index contributed by atoms with van der Waals surface area (Å²) in [4.78, 5) is 39.3. The number of halogens is 2. The molecule has 1 aromatic rings. The van der Waals surface area contributed by atoms with E-state index in [0.29, 0.717) is 45.3 Å². The van der Waals surface area contributed by atoms with Gasteiger partial charge in [0, 0.05) is 37.8 Å². The Morgan fingerprint density at radius 1 is 1.07 bits per heavy atom. The molecule has 0 radical (unpaired) electrons. The highest BCUT2D eigenvalue weighted by Gasteiger charge is 2.21. The Morgan fingerprint density at radius 2 is 1.78 bits per heavy atom. The minimum absolute atomic E-state index is 0.178. The molecule has 2 amide bonds. The molecule has 1 saturated heterocycles. The summed E-state index contributed by atoms with van der Waals surface area (Å²) < 4.78 is 31.3. The third-order valence-electron chi connectivity index (χ3n) is 4.12. The van der Waals surface area contributed by atoms with Gasteiger partial charge in [0.05, 0.1) is 19.7 Å². The first-order valence-electron chi connectivity index (χ1n) is 8.79. The third-order valence-corrected chi connectivity index (χ3v) is 4.12. The smallest absolute Gasteiger partial charge is 0.320 e. The van der Waals surface area contributed by atoms with E-state index in [1.54, 1.807) is 11.8 Å². The van der Waals surface area contributed by atoms with E-state index < -0.39 is 17.5 Å². The van der Waals surface area contributed by atoms with E-state index >= 15 is 0 Å². The van der Waals surface area contributed by atoms with Crippen LogP contribution >= 0.6 is 0 Å². The molecule has 27 heavy (non-hydrogen) atoms. The summed E-state index contributed by atoms with van der Waals surface area (Å²) in [5.74, 6) is -3.04. The summed E-state index contributed by atoms with van der Waals surface area (Å²) in [6.07, 6.45) is 0.689. The number of benzene rings is 1. The van der Waals surface area contributed by atoms with Crippen LogP contribution in [0.25, 0.3) is 0 Å². The van der Waals surface area contributed by atoms with Gasteiger partial charge in [-0.2, -0.15) is 0 Å². The molecule has 9 heteroatoms. The summed E-state index contributed by atoms with van der Waals surface area (Å²) in [6, 6.07) is 2.48. The zero-order chi connectivity index (χ0) is 19.8. The van der Waals surface area contributed by atoms with Crippen LogP contribution < -0.4 is 5.32 Å². The monoisotopic (exact) mass is 383 g/mol. The zero-order valence-electron chi connectivity index (χ0n) is 15.2. The Bertz CT molecular complexity index is 679. The van der Waals surface area contributed by atoms with E-state index in [9.17, 15) is 23.2 Å². The molecule has 7 nitrogen and oxygen atoms in total. The van der Waals surface area contributed by atoms with Crippen molar-refractivity contribution in [3.05, 3.63) is 35.4 Å². The third kappa shape index (κ3) is 6.59. The molecule has 2 rings (SSSR count). The number of hydrogen-bond donors (Lipinski definition) is 1. The molecule has 1 N–H and O–H groups in total. The average Bonchev–Trinajstić information content (AvgIpc) is 2.84. The summed E-state index contributed by atoms with van der Waals surface area (Å²) in [5, 5.41) is 2.38. The summed E-state index contributed by atoms with van der Waals surface area (Å²) in [6.45, 7) is 4.09. The normalized spacial score (nSPS) is 15.1. The number of esters is 1. The molecule has 0 aromatic heterocycles. The van der Waals surface area contributed by atoms with Crippen LogP contribution in [0, 0.1) is 11.6 Å². The molecular weight excluding hydrogens is 360 g/mol. The van der Waals surface area contributed by atoms with Crippen molar-refractivity contribution in [3.8, 4) is 0 Å². The Balaban J connectivity index is 1.82. The van der Waals surface area contributed by atoms with Crippen LogP contribution in [0.2, 0.25) is 0 Å². The Hall–Kier alpha value is -2.55. The van der Waals surface area contributed by atoms with Crippen LogP contribution in [0.4, 0.5) is 8.78 Å². The Morgan fingerprint density at radius 3 is 2.44 bits per heavy atom. The standard InChI is InChI=1S/C18H23F2N3O4/c1-2-27-17(25)12-22-4-3-5-23(7-6-22)16(24)11-21-18(26)13-8-14(19)10-15(20)9-13/h8-10H,2-7,11-12H2,1H3,(H,21,26). The van der Waals surface area contributed by atoms with Crippen LogP contribution in [-0.4, -0.2) is 73.5 Å². The molecule has 0 atom stereocenters. The fourth-order valence-corrected chi connectivity index (χ4v) is 2.82. The molecule has 0 unspecified atom stereocenters. The van der Waals surface area contributed by atoms with Crippen molar-refractivity contribution < 1.29 is 27.9 Å². The van der Waals surface area contributed by atoms with Crippen LogP contribution in [0.3, 0.4) is 0 Å². The summed E-state index contributed by atoms with van der Waals surface area (Å²) >= 11 is 0. The number of carbonyl (C=O) groups excluding carboxylic acids is 3. The maximum Gasteiger partial charge on any atom is 0.320 e. The molecule has 0 spiro atoms. The number of amides is 2. The van der Waals surface area contributed by atoms with E-state index in [0.717, 1.165) is 12.1 Å². The van der Waals surface area contributed by atoms with E-state index in [1.807, 2.05) is 4.90 Å². The summed E-state index contributed by atoms with van der Waals surface area (Å²) in [7, 11) is 0. The minimum atomic E-state index is -0.860. The van der Waals surface area contributed by atoms with Crippen molar-refractivity contribution in [2.75, 3.05) is 45.9 Å². The lowest BCUT2D eigenvalue weighted by Gasteiger charge is -2.21. The van der Waals surface area contributed by atoms with E-state index in [4.69, 9.17) is 4.74 Å². The fraction of sp³-hybridized carbons (Fsp3) is 0.500. The predicted octanol–water partition coefficient (Wildman–Crippen LogP) is 0.792. The highest BCUT2D eigenvalue weighted by Crippen LogP contribution is 2.08. The number of ether oxygens (including phenoxy) is 1. The van der Waals surface area contributed by atoms with Crippen molar-refractivity contribution in [1.29, 1.82) is 0 Å². The molecule has 1 heterocycles. The quantitative estimate of drug-likeness (QED) is 0.735. The van der Waals surface area contributed by atoms with E-state index in [2.05, 4.69) is 5.32 Å². The maximum absolute atomic E-state index is 13.2. The van der Waals surface area contributed by atoms with Gasteiger partial charge in [0.25, 0.3) is 5.91 Å². The van der Waals surface area contributed by atoms with Crippen molar-refractivity contribution >= 4 is 17.8 Å². The molecule has 1 aliphatic rings. The topological polar surface area (TPSA) is 79.0 Å². The van der Waals surface area contributed by atoms with Crippen molar-refractivity contribution in [1.82, 2.24) is 15.1 Å². The average molecular weight is 383 g/mol. The maximum atomic E-state index is 13.2. The van der Waals surface area contributed by atoms with Crippen molar-refractivity contribution in [3.63, 3.8) is 0 Å². The van der Waals surface area contributed by atoms with Gasteiger partial charge in [-0.3, -0.25) is 19.3 Å². The lowest BCUT2D eigenvalue weighted by molar-refractivity contribution is -0.144. The van der Waals surface area contributed by atoms with Crippen LogP contribution in [0.1, 0.15) is 23.7 Å². The van der Waals surface area contributed by atoms with Crippen molar-refractivity contribution in [2.45, 2.75) is 13.3 Å². The van der Waals surface area contributed by atoms with Gasteiger partial charge in [-0.1, -0.05) is 0 Å². The van der Waals surface area contributed by atoms with Gasteiger partial charge in [0.1, 0.15) is 11.6 Å². The molecule has 1 aliphatic heterocycles. The molecule has 148 valence electrons. The number of hydrogen-bond acceptors (Lipinski definition) is 5. The fourth-order valence-electron chi connectivity index (χ4n) is 2.82. The second kappa shape index (κ2) is 9.96. The molecule has 0 bridgehead atoms. The first-order valence-corrected chi connectivity index (χ1v) is 8.79. The number of rotatable bonds is 6. The molecule has 0 aliphatic carbocycles. The first kappa shape index (κ1) is 20.8. The summed E-state index contributed by atoms with van der Waals surface area (Å²) in [5.41, 5.74) is -0.184. The number of nitrogens with one attached hydrogen (secondary N) is 1. The van der Waals surface area contributed by atoms with Crippen LogP contribution in [0.15, 0.2) is 18.2 Å². The van der Waals surface area contributed by atoms with Gasteiger partial charge < -0.3 is 15.0 Å². The van der Waals surface area contributed by atoms with Crippen molar-refractivity contribution in [2.24, 2.45) is 0 Å². The number of nitrogens with zero attached hydrogens (tertiary/aromatic N) is 2. The minimum Gasteiger partial charge on any atom is -0.465 e. The first-order chi connectivity index (χ1) is 12.9. The lowest BCUT2D eigenvalue weighted by atomic mass is 10.2.